The molecule has 110 valence electrons. The molecule has 0 saturated carbocycles. The number of carbonyl (C=O) groups excluding carboxylic acids is 1. The van der Waals surface area contributed by atoms with Crippen molar-refractivity contribution in [3.63, 3.8) is 0 Å². The fourth-order valence-electron chi connectivity index (χ4n) is 2.20. The number of carboxylic acid groups (broad SMARTS) is 1. The maximum atomic E-state index is 12.3. The Morgan fingerprint density at radius 1 is 1.55 bits per heavy atom. The van der Waals surface area contributed by atoms with Gasteiger partial charge in [0, 0.05) is 25.9 Å². The van der Waals surface area contributed by atoms with E-state index in [1.807, 2.05) is 0 Å². The summed E-state index contributed by atoms with van der Waals surface area (Å²) >= 11 is 5.79. The number of nitrogens with zero attached hydrogens (tertiary/aromatic N) is 1. The number of nitrogens with one attached hydrogen (secondary N) is 1. The quantitative estimate of drug-likeness (QED) is 0.838. The maximum Gasteiger partial charge on any atom is 0.305 e. The highest BCUT2D eigenvalue weighted by molar-refractivity contribution is 6.30. The van der Waals surface area contributed by atoms with Crippen LogP contribution >= 0.6 is 11.6 Å². The largest absolute Gasteiger partial charge is 0.481 e. The van der Waals surface area contributed by atoms with E-state index in [1.165, 1.54) is 17.2 Å². The van der Waals surface area contributed by atoms with Crippen LogP contribution in [0, 0.1) is 0 Å². The van der Waals surface area contributed by atoms with E-state index in [1.54, 1.807) is 0 Å². The van der Waals surface area contributed by atoms with Crippen molar-refractivity contribution in [1.29, 1.82) is 0 Å². The molecule has 6 nitrogen and oxygen atoms in total. The van der Waals surface area contributed by atoms with Crippen molar-refractivity contribution < 1.29 is 19.4 Å². The molecule has 1 aromatic heterocycles. The van der Waals surface area contributed by atoms with Crippen LogP contribution in [0.1, 0.15) is 29.8 Å². The lowest BCUT2D eigenvalue weighted by Gasteiger charge is -2.24. The molecule has 1 saturated heterocycles. The van der Waals surface area contributed by atoms with Crippen LogP contribution in [0.3, 0.4) is 0 Å². The number of aromatic amines is 1. The topological polar surface area (TPSA) is 82.6 Å². The minimum atomic E-state index is -0.931. The van der Waals surface area contributed by atoms with Crippen LogP contribution < -0.4 is 0 Å². The number of H-pyrrole nitrogens is 1. The van der Waals surface area contributed by atoms with Crippen LogP contribution in [0.4, 0.5) is 0 Å². The number of hydrogen-bond donors (Lipinski definition) is 2. The summed E-state index contributed by atoms with van der Waals surface area (Å²) < 4.78 is 5.50. The summed E-state index contributed by atoms with van der Waals surface area (Å²) in [4.78, 5) is 27.3. The van der Waals surface area contributed by atoms with Crippen LogP contribution in [-0.4, -0.2) is 52.7 Å². The number of aliphatic carboxylic acids is 1. The molecule has 1 fully saturated rings. The second-order valence-corrected chi connectivity index (χ2v) is 5.20. The Morgan fingerprint density at radius 3 is 2.90 bits per heavy atom. The molecule has 2 heterocycles. The molecule has 0 radical (unpaired) electrons. The lowest BCUT2D eigenvalue weighted by atomic mass is 10.2. The van der Waals surface area contributed by atoms with Crippen molar-refractivity contribution in [3.8, 4) is 0 Å². The highest BCUT2D eigenvalue weighted by atomic mass is 35.5. The first-order valence-corrected chi connectivity index (χ1v) is 6.90. The van der Waals surface area contributed by atoms with E-state index in [-0.39, 0.29) is 25.0 Å². The Kier molecular flexibility index (Phi) is 5.03. The third kappa shape index (κ3) is 3.98. The summed E-state index contributed by atoms with van der Waals surface area (Å²) in [5.41, 5.74) is 0.360. The molecular formula is C13H17ClN2O4. The molecule has 20 heavy (non-hydrogen) atoms. The highest BCUT2D eigenvalue weighted by Gasteiger charge is 2.24. The minimum Gasteiger partial charge on any atom is -0.481 e. The number of ether oxygens (including phenoxy) is 1. The molecule has 0 aliphatic carbocycles. The Balaban J connectivity index is 2.03. The number of carbonyl (C=O) groups is 2. The first-order chi connectivity index (χ1) is 9.56. The van der Waals surface area contributed by atoms with E-state index in [0.717, 1.165) is 12.8 Å². The smallest absolute Gasteiger partial charge is 0.305 e. The van der Waals surface area contributed by atoms with Crippen molar-refractivity contribution in [2.24, 2.45) is 0 Å². The molecule has 0 spiro atoms. The standard InChI is InChI=1S/C13H17ClN2O4/c14-9-6-11(15-7-9)13(19)16(4-3-12(17)18)8-10-2-1-5-20-10/h6-7,10,15H,1-5,8H2,(H,17,18)/t10-/m1/s1. The predicted octanol–water partition coefficient (Wildman–Crippen LogP) is 1.76. The molecule has 2 N–H and O–H groups in total. The summed E-state index contributed by atoms with van der Waals surface area (Å²) in [5, 5.41) is 9.23. The fourth-order valence-corrected chi connectivity index (χ4v) is 2.37. The van der Waals surface area contributed by atoms with Gasteiger partial charge in [0.05, 0.1) is 17.5 Å². The van der Waals surface area contributed by atoms with Crippen LogP contribution in [0.25, 0.3) is 0 Å². The molecule has 1 aromatic rings. The molecule has 1 aliphatic rings. The average molecular weight is 301 g/mol. The number of hydrogen-bond acceptors (Lipinski definition) is 3. The van der Waals surface area contributed by atoms with Crippen LogP contribution in [0.5, 0.6) is 0 Å². The number of aromatic nitrogens is 1. The van der Waals surface area contributed by atoms with Gasteiger partial charge in [-0.2, -0.15) is 0 Å². The van der Waals surface area contributed by atoms with Crippen molar-refractivity contribution in [2.75, 3.05) is 19.7 Å². The third-order valence-electron chi connectivity index (χ3n) is 3.21. The summed E-state index contributed by atoms with van der Waals surface area (Å²) in [6.45, 7) is 1.26. The van der Waals surface area contributed by atoms with Crippen molar-refractivity contribution in [1.82, 2.24) is 9.88 Å². The van der Waals surface area contributed by atoms with E-state index in [2.05, 4.69) is 4.98 Å². The van der Waals surface area contributed by atoms with Gasteiger partial charge in [0.25, 0.3) is 5.91 Å². The Morgan fingerprint density at radius 2 is 2.35 bits per heavy atom. The monoisotopic (exact) mass is 300 g/mol. The van der Waals surface area contributed by atoms with E-state index < -0.39 is 5.97 Å². The summed E-state index contributed by atoms with van der Waals surface area (Å²) in [6.07, 6.45) is 3.28. The van der Waals surface area contributed by atoms with E-state index in [9.17, 15) is 9.59 Å². The summed E-state index contributed by atoms with van der Waals surface area (Å²) in [5.74, 6) is -1.19. The van der Waals surface area contributed by atoms with Gasteiger partial charge in [-0.3, -0.25) is 9.59 Å². The molecule has 0 unspecified atom stereocenters. The van der Waals surface area contributed by atoms with E-state index >= 15 is 0 Å². The summed E-state index contributed by atoms with van der Waals surface area (Å²) in [6, 6.07) is 1.53. The van der Waals surface area contributed by atoms with Gasteiger partial charge in [-0.05, 0) is 18.9 Å². The Bertz CT molecular complexity index is 482. The fraction of sp³-hybridized carbons (Fsp3) is 0.538. The Hall–Kier alpha value is -1.53. The van der Waals surface area contributed by atoms with Crippen molar-refractivity contribution in [3.05, 3.63) is 23.0 Å². The molecule has 1 amide bonds. The van der Waals surface area contributed by atoms with Gasteiger partial charge in [0.1, 0.15) is 5.69 Å². The average Bonchev–Trinajstić information content (AvgIpc) is 3.04. The van der Waals surface area contributed by atoms with E-state index in [0.29, 0.717) is 23.9 Å². The zero-order chi connectivity index (χ0) is 14.5. The molecule has 1 atom stereocenters. The molecule has 1 aliphatic heterocycles. The SMILES string of the molecule is O=C(O)CCN(C[C@H]1CCCO1)C(=O)c1cc(Cl)c[nH]1. The molecular weight excluding hydrogens is 284 g/mol. The second-order valence-electron chi connectivity index (χ2n) is 4.76. The van der Waals surface area contributed by atoms with Gasteiger partial charge in [-0.1, -0.05) is 11.6 Å². The number of amides is 1. The van der Waals surface area contributed by atoms with Crippen LogP contribution in [0.15, 0.2) is 12.3 Å². The first-order valence-electron chi connectivity index (χ1n) is 6.53. The van der Waals surface area contributed by atoms with Crippen LogP contribution in [-0.2, 0) is 9.53 Å². The van der Waals surface area contributed by atoms with Gasteiger partial charge >= 0.3 is 5.97 Å². The third-order valence-corrected chi connectivity index (χ3v) is 3.43. The van der Waals surface area contributed by atoms with Gasteiger partial charge < -0.3 is 19.7 Å². The summed E-state index contributed by atoms with van der Waals surface area (Å²) in [7, 11) is 0. The van der Waals surface area contributed by atoms with Crippen molar-refractivity contribution >= 4 is 23.5 Å². The lowest BCUT2D eigenvalue weighted by molar-refractivity contribution is -0.137. The molecule has 2 rings (SSSR count). The Labute approximate surface area is 121 Å². The number of halogens is 1. The molecule has 0 bridgehead atoms. The predicted molar refractivity (Wildman–Crippen MR) is 72.9 cm³/mol. The first kappa shape index (κ1) is 14.9. The van der Waals surface area contributed by atoms with Gasteiger partial charge in [-0.25, -0.2) is 0 Å². The minimum absolute atomic E-state index is 0.0156. The van der Waals surface area contributed by atoms with E-state index in [4.69, 9.17) is 21.4 Å². The van der Waals surface area contributed by atoms with Crippen LogP contribution in [0.2, 0.25) is 5.02 Å². The van der Waals surface area contributed by atoms with Gasteiger partial charge in [-0.15, -0.1) is 0 Å². The van der Waals surface area contributed by atoms with Gasteiger partial charge in [0.2, 0.25) is 0 Å². The van der Waals surface area contributed by atoms with Gasteiger partial charge in [0.15, 0.2) is 0 Å². The number of carboxylic acids is 1. The lowest BCUT2D eigenvalue weighted by Crippen LogP contribution is -2.39. The molecule has 0 aromatic carbocycles. The number of rotatable bonds is 6. The zero-order valence-corrected chi connectivity index (χ0v) is 11.7. The van der Waals surface area contributed by atoms with Crippen molar-refractivity contribution in [2.45, 2.75) is 25.4 Å². The highest BCUT2D eigenvalue weighted by Crippen LogP contribution is 2.16. The second kappa shape index (κ2) is 6.76. The molecule has 7 heteroatoms. The maximum absolute atomic E-state index is 12.3. The normalized spacial score (nSPS) is 18.1. The zero-order valence-electron chi connectivity index (χ0n) is 11.0.